The van der Waals surface area contributed by atoms with Gasteiger partial charge in [-0.15, -0.1) is 11.3 Å². The fourth-order valence-electron chi connectivity index (χ4n) is 1.07. The number of anilines is 1. The van der Waals surface area contributed by atoms with Crippen LogP contribution in [0.2, 0.25) is 0 Å². The molecule has 1 heterocycles. The number of nitrogens with zero attached hydrogens (tertiary/aromatic N) is 1. The Kier molecular flexibility index (Phi) is 4.51. The van der Waals surface area contributed by atoms with E-state index in [1.807, 2.05) is 13.8 Å². The highest BCUT2D eigenvalue weighted by atomic mass is 32.1. The number of likely N-dealkylation sites (N-methyl/N-ethyl adjacent to an activating group) is 1. The van der Waals surface area contributed by atoms with Crippen LogP contribution >= 0.6 is 11.3 Å². The molecule has 0 atom stereocenters. The maximum Gasteiger partial charge on any atom is 0.350 e. The summed E-state index contributed by atoms with van der Waals surface area (Å²) in [6.07, 6.45) is 0. The Morgan fingerprint density at radius 1 is 1.53 bits per heavy atom. The topological polar surface area (TPSA) is 72.6 Å². The third kappa shape index (κ3) is 3.45. The lowest BCUT2D eigenvalue weighted by Gasteiger charge is -2.20. The number of carbonyl (C=O) groups is 2. The molecule has 2 N–H and O–H groups in total. The van der Waals surface area contributed by atoms with Crippen LogP contribution in [0.1, 0.15) is 23.5 Å². The number of nitrogen functional groups attached to an aromatic ring is 1. The molecule has 17 heavy (non-hydrogen) atoms. The number of carbonyl (C=O) groups excluding carboxylic acids is 2. The summed E-state index contributed by atoms with van der Waals surface area (Å²) in [5, 5.41) is 1.70. The molecule has 5 nitrogen and oxygen atoms in total. The van der Waals surface area contributed by atoms with Crippen molar-refractivity contribution in [2.24, 2.45) is 0 Å². The van der Waals surface area contributed by atoms with Gasteiger partial charge in [-0.3, -0.25) is 4.79 Å². The molecular formula is C11H16N2O3S. The summed E-state index contributed by atoms with van der Waals surface area (Å²) in [5.74, 6) is -0.786. The molecule has 0 aliphatic carbocycles. The van der Waals surface area contributed by atoms with Gasteiger partial charge in [-0.05, 0) is 25.3 Å². The summed E-state index contributed by atoms with van der Waals surface area (Å²) in [6, 6.07) is 1.71. The van der Waals surface area contributed by atoms with E-state index in [2.05, 4.69) is 0 Å². The predicted molar refractivity (Wildman–Crippen MR) is 66.9 cm³/mol. The number of esters is 1. The van der Waals surface area contributed by atoms with Gasteiger partial charge in [0.2, 0.25) is 0 Å². The van der Waals surface area contributed by atoms with Crippen molar-refractivity contribution in [2.45, 2.75) is 19.9 Å². The average molecular weight is 256 g/mol. The summed E-state index contributed by atoms with van der Waals surface area (Å²) in [4.78, 5) is 25.0. The third-order valence-corrected chi connectivity index (χ3v) is 3.29. The molecule has 0 aliphatic heterocycles. The van der Waals surface area contributed by atoms with E-state index in [1.54, 1.807) is 18.5 Å². The Bertz CT molecular complexity index is 415. The minimum Gasteiger partial charge on any atom is -0.451 e. The molecule has 0 radical (unpaired) electrons. The van der Waals surface area contributed by atoms with Crippen LogP contribution in [0.4, 0.5) is 5.69 Å². The highest BCUT2D eigenvalue weighted by Crippen LogP contribution is 2.19. The molecule has 0 bridgehead atoms. The van der Waals surface area contributed by atoms with E-state index in [0.717, 1.165) is 0 Å². The molecule has 1 aromatic heterocycles. The number of rotatable bonds is 4. The number of amides is 1. The van der Waals surface area contributed by atoms with Gasteiger partial charge >= 0.3 is 5.97 Å². The number of hydrogen-bond acceptors (Lipinski definition) is 5. The lowest BCUT2D eigenvalue weighted by Crippen LogP contribution is -2.36. The van der Waals surface area contributed by atoms with Crippen LogP contribution in [-0.4, -0.2) is 36.5 Å². The minimum absolute atomic E-state index is 0.0769. The summed E-state index contributed by atoms with van der Waals surface area (Å²) >= 11 is 1.20. The number of ether oxygens (including phenoxy) is 1. The molecule has 0 aliphatic rings. The van der Waals surface area contributed by atoms with Gasteiger partial charge in [0.05, 0.1) is 5.69 Å². The molecule has 94 valence electrons. The summed E-state index contributed by atoms with van der Waals surface area (Å²) in [5.41, 5.74) is 5.95. The van der Waals surface area contributed by atoms with Crippen molar-refractivity contribution in [1.82, 2.24) is 4.90 Å². The Morgan fingerprint density at radius 2 is 2.18 bits per heavy atom. The normalized spacial score (nSPS) is 10.4. The highest BCUT2D eigenvalue weighted by Gasteiger charge is 2.17. The van der Waals surface area contributed by atoms with Crippen molar-refractivity contribution in [2.75, 3.05) is 19.4 Å². The maximum atomic E-state index is 11.6. The molecule has 0 spiro atoms. The highest BCUT2D eigenvalue weighted by molar-refractivity contribution is 7.12. The molecule has 1 amide bonds. The third-order valence-electron chi connectivity index (χ3n) is 2.38. The van der Waals surface area contributed by atoms with E-state index in [-0.39, 0.29) is 18.6 Å². The van der Waals surface area contributed by atoms with Gasteiger partial charge in [-0.25, -0.2) is 4.79 Å². The average Bonchev–Trinajstić information content (AvgIpc) is 2.70. The number of thiophene rings is 1. The summed E-state index contributed by atoms with van der Waals surface area (Å²) in [6.45, 7) is 3.51. The second-order valence-corrected chi connectivity index (χ2v) is 4.80. The molecule has 0 unspecified atom stereocenters. The van der Waals surface area contributed by atoms with Gasteiger partial charge in [0.25, 0.3) is 5.91 Å². The van der Waals surface area contributed by atoms with Crippen LogP contribution in [0.15, 0.2) is 11.4 Å². The molecule has 0 fully saturated rings. The van der Waals surface area contributed by atoms with Crippen LogP contribution in [0, 0.1) is 0 Å². The molecule has 0 saturated carbocycles. The second kappa shape index (κ2) is 5.67. The van der Waals surface area contributed by atoms with E-state index < -0.39 is 5.97 Å². The number of hydrogen-bond donors (Lipinski definition) is 1. The van der Waals surface area contributed by atoms with Crippen LogP contribution in [0.3, 0.4) is 0 Å². The maximum absolute atomic E-state index is 11.6. The standard InChI is InChI=1S/C11H16N2O3S/c1-7(2)13(3)9(14)6-16-11(15)10-8(12)4-5-17-10/h4-5,7H,6,12H2,1-3H3. The van der Waals surface area contributed by atoms with Gasteiger partial charge in [-0.1, -0.05) is 0 Å². The largest absolute Gasteiger partial charge is 0.451 e. The van der Waals surface area contributed by atoms with Crippen LogP contribution in [0.25, 0.3) is 0 Å². The fourth-order valence-corrected chi connectivity index (χ4v) is 1.78. The van der Waals surface area contributed by atoms with E-state index in [0.29, 0.717) is 10.6 Å². The zero-order valence-corrected chi connectivity index (χ0v) is 10.9. The van der Waals surface area contributed by atoms with Crippen molar-refractivity contribution < 1.29 is 14.3 Å². The van der Waals surface area contributed by atoms with Crippen LogP contribution < -0.4 is 5.73 Å². The Balaban J connectivity index is 2.50. The zero-order chi connectivity index (χ0) is 13.0. The molecule has 0 aromatic carbocycles. The molecule has 6 heteroatoms. The summed E-state index contributed by atoms with van der Waals surface area (Å²) < 4.78 is 4.90. The van der Waals surface area contributed by atoms with Crippen molar-refractivity contribution in [3.05, 3.63) is 16.3 Å². The van der Waals surface area contributed by atoms with Crippen LogP contribution in [0.5, 0.6) is 0 Å². The first-order chi connectivity index (χ1) is 7.93. The Hall–Kier alpha value is -1.56. The monoisotopic (exact) mass is 256 g/mol. The van der Waals surface area contributed by atoms with Gasteiger partial charge in [-0.2, -0.15) is 0 Å². The first-order valence-electron chi connectivity index (χ1n) is 5.19. The second-order valence-electron chi connectivity index (χ2n) is 3.88. The first kappa shape index (κ1) is 13.5. The first-order valence-corrected chi connectivity index (χ1v) is 6.07. The summed E-state index contributed by atoms with van der Waals surface area (Å²) in [7, 11) is 1.67. The van der Waals surface area contributed by atoms with E-state index in [4.69, 9.17) is 10.5 Å². The van der Waals surface area contributed by atoms with Gasteiger partial charge in [0.15, 0.2) is 6.61 Å². The van der Waals surface area contributed by atoms with Crippen molar-refractivity contribution in [3.8, 4) is 0 Å². The van der Waals surface area contributed by atoms with E-state index >= 15 is 0 Å². The Morgan fingerprint density at radius 3 is 2.65 bits per heavy atom. The SMILES string of the molecule is CC(C)N(C)C(=O)COC(=O)c1sccc1N. The van der Waals surface area contributed by atoms with E-state index in [9.17, 15) is 9.59 Å². The molecule has 0 saturated heterocycles. The fraction of sp³-hybridized carbons (Fsp3) is 0.455. The molecule has 1 rings (SSSR count). The number of nitrogens with two attached hydrogens (primary N) is 1. The van der Waals surface area contributed by atoms with Gasteiger partial charge in [0, 0.05) is 13.1 Å². The smallest absolute Gasteiger partial charge is 0.350 e. The van der Waals surface area contributed by atoms with Crippen molar-refractivity contribution in [1.29, 1.82) is 0 Å². The Labute approximate surface area is 104 Å². The predicted octanol–water partition coefficient (Wildman–Crippen LogP) is 1.35. The molecular weight excluding hydrogens is 240 g/mol. The quantitative estimate of drug-likeness (QED) is 0.825. The van der Waals surface area contributed by atoms with Crippen LogP contribution in [-0.2, 0) is 9.53 Å². The van der Waals surface area contributed by atoms with Gasteiger partial charge in [0.1, 0.15) is 4.88 Å². The van der Waals surface area contributed by atoms with E-state index in [1.165, 1.54) is 16.2 Å². The minimum atomic E-state index is -0.553. The zero-order valence-electron chi connectivity index (χ0n) is 10.1. The lowest BCUT2D eigenvalue weighted by molar-refractivity contribution is -0.134. The molecule has 1 aromatic rings. The lowest BCUT2D eigenvalue weighted by atomic mass is 10.3. The van der Waals surface area contributed by atoms with Gasteiger partial charge < -0.3 is 15.4 Å². The van der Waals surface area contributed by atoms with Crippen molar-refractivity contribution in [3.63, 3.8) is 0 Å². The van der Waals surface area contributed by atoms with Crippen molar-refractivity contribution >= 4 is 28.9 Å².